The molecule has 4 rings (SSSR count). The van der Waals surface area contributed by atoms with Crippen LogP contribution < -0.4 is 0 Å². The molecule has 2 saturated carbocycles. The highest BCUT2D eigenvalue weighted by Crippen LogP contribution is 2.53. The molecule has 128 valence electrons. The smallest absolute Gasteiger partial charge is 0.226 e. The third kappa shape index (κ3) is 2.78. The van der Waals surface area contributed by atoms with Crippen molar-refractivity contribution in [2.45, 2.75) is 57.8 Å². The zero-order valence-electron chi connectivity index (χ0n) is 14.2. The Morgan fingerprint density at radius 1 is 0.609 bits per heavy atom. The molecule has 2 aliphatic heterocycles. The fraction of sp³-hybridized carbons (Fsp3) is 0.895. The summed E-state index contributed by atoms with van der Waals surface area (Å²) in [5, 5.41) is 0. The first-order valence-electron chi connectivity index (χ1n) is 9.83. The van der Waals surface area contributed by atoms with E-state index in [-0.39, 0.29) is 11.8 Å². The number of fused-ring (bicyclic) bond motifs is 2. The number of amides is 2. The Hall–Kier alpha value is -1.06. The Kier molecular flexibility index (Phi) is 4.33. The third-order valence-electron chi connectivity index (χ3n) is 6.82. The van der Waals surface area contributed by atoms with Gasteiger partial charge in [0.15, 0.2) is 0 Å². The van der Waals surface area contributed by atoms with Gasteiger partial charge in [-0.1, -0.05) is 0 Å². The molecule has 0 aromatic carbocycles. The molecule has 4 nitrogen and oxygen atoms in total. The molecular formula is C19H30N2O2. The zero-order valence-corrected chi connectivity index (χ0v) is 14.2. The monoisotopic (exact) mass is 318 g/mol. The Morgan fingerprint density at radius 3 is 1.39 bits per heavy atom. The number of rotatable bonds is 2. The van der Waals surface area contributed by atoms with Gasteiger partial charge < -0.3 is 9.80 Å². The summed E-state index contributed by atoms with van der Waals surface area (Å²) < 4.78 is 0. The van der Waals surface area contributed by atoms with E-state index < -0.39 is 0 Å². The first-order valence-corrected chi connectivity index (χ1v) is 9.83. The SMILES string of the molecule is O=C([C@@H]1[C@@H]2CC[C@@H](C2)[C@@H]1C(=O)N1CCCCC1)N1CCCCC1. The molecule has 2 amide bonds. The average molecular weight is 318 g/mol. The summed E-state index contributed by atoms with van der Waals surface area (Å²) in [6.07, 6.45) is 10.5. The van der Waals surface area contributed by atoms with Gasteiger partial charge in [0.05, 0.1) is 11.8 Å². The van der Waals surface area contributed by atoms with Crippen molar-refractivity contribution in [3.05, 3.63) is 0 Å². The Labute approximate surface area is 139 Å². The second-order valence-electron chi connectivity index (χ2n) is 8.16. The second-order valence-corrected chi connectivity index (χ2v) is 8.16. The summed E-state index contributed by atoms with van der Waals surface area (Å²) in [5.41, 5.74) is 0. The van der Waals surface area contributed by atoms with Crippen molar-refractivity contribution in [1.29, 1.82) is 0 Å². The van der Waals surface area contributed by atoms with Gasteiger partial charge in [-0.25, -0.2) is 0 Å². The molecule has 4 atom stereocenters. The predicted molar refractivity (Wildman–Crippen MR) is 88.7 cm³/mol. The van der Waals surface area contributed by atoms with Crippen molar-refractivity contribution in [2.24, 2.45) is 23.7 Å². The van der Waals surface area contributed by atoms with Crippen LogP contribution in [0.2, 0.25) is 0 Å². The minimum atomic E-state index is 0.00118. The quantitative estimate of drug-likeness (QED) is 0.785. The summed E-state index contributed by atoms with van der Waals surface area (Å²) >= 11 is 0. The third-order valence-corrected chi connectivity index (χ3v) is 6.82. The van der Waals surface area contributed by atoms with Crippen LogP contribution in [0.3, 0.4) is 0 Å². The molecule has 0 aromatic rings. The van der Waals surface area contributed by atoms with Gasteiger partial charge in [-0.3, -0.25) is 9.59 Å². The van der Waals surface area contributed by atoms with E-state index in [0.29, 0.717) is 23.7 Å². The van der Waals surface area contributed by atoms with Crippen LogP contribution in [0.15, 0.2) is 0 Å². The average Bonchev–Trinajstić information content (AvgIpc) is 3.23. The highest BCUT2D eigenvalue weighted by Gasteiger charge is 2.55. The van der Waals surface area contributed by atoms with Crippen molar-refractivity contribution in [1.82, 2.24) is 9.80 Å². The van der Waals surface area contributed by atoms with Crippen LogP contribution in [0, 0.1) is 23.7 Å². The number of hydrogen-bond acceptors (Lipinski definition) is 2. The molecule has 0 spiro atoms. The van der Waals surface area contributed by atoms with E-state index in [4.69, 9.17) is 0 Å². The van der Waals surface area contributed by atoms with Crippen LogP contribution >= 0.6 is 0 Å². The van der Waals surface area contributed by atoms with E-state index >= 15 is 0 Å². The zero-order chi connectivity index (χ0) is 15.8. The van der Waals surface area contributed by atoms with Crippen LogP contribution in [0.1, 0.15) is 57.8 Å². The lowest BCUT2D eigenvalue weighted by Crippen LogP contribution is -2.49. The number of likely N-dealkylation sites (tertiary alicyclic amines) is 2. The molecule has 0 aromatic heterocycles. The van der Waals surface area contributed by atoms with Gasteiger partial charge in [-0.2, -0.15) is 0 Å². The van der Waals surface area contributed by atoms with Crippen molar-refractivity contribution in [3.63, 3.8) is 0 Å². The maximum atomic E-state index is 13.1. The lowest BCUT2D eigenvalue weighted by Gasteiger charge is -2.38. The molecule has 2 heterocycles. The van der Waals surface area contributed by atoms with Crippen LogP contribution in [0.4, 0.5) is 0 Å². The molecule has 0 unspecified atom stereocenters. The first-order chi connectivity index (χ1) is 11.3. The van der Waals surface area contributed by atoms with Gasteiger partial charge in [-0.15, -0.1) is 0 Å². The highest BCUT2D eigenvalue weighted by atomic mass is 16.2. The van der Waals surface area contributed by atoms with Crippen molar-refractivity contribution in [3.8, 4) is 0 Å². The minimum absolute atomic E-state index is 0.00118. The predicted octanol–water partition coefficient (Wildman–Crippen LogP) is 2.67. The number of carbonyl (C=O) groups is 2. The molecule has 4 heteroatoms. The van der Waals surface area contributed by atoms with E-state index in [1.807, 2.05) is 0 Å². The molecule has 23 heavy (non-hydrogen) atoms. The number of nitrogens with zero attached hydrogens (tertiary/aromatic N) is 2. The fourth-order valence-corrected chi connectivity index (χ4v) is 5.65. The van der Waals surface area contributed by atoms with E-state index in [1.54, 1.807) is 0 Å². The largest absolute Gasteiger partial charge is 0.342 e. The number of hydrogen-bond donors (Lipinski definition) is 0. The van der Waals surface area contributed by atoms with Gasteiger partial charge >= 0.3 is 0 Å². The lowest BCUT2D eigenvalue weighted by atomic mass is 9.77. The Bertz CT molecular complexity index is 424. The van der Waals surface area contributed by atoms with Gasteiger partial charge in [0.1, 0.15) is 0 Å². The van der Waals surface area contributed by atoms with Crippen LogP contribution in [-0.4, -0.2) is 47.8 Å². The summed E-state index contributed by atoms with van der Waals surface area (Å²) in [7, 11) is 0. The maximum Gasteiger partial charge on any atom is 0.226 e. The van der Waals surface area contributed by atoms with Crippen molar-refractivity contribution >= 4 is 11.8 Å². The summed E-state index contributed by atoms with van der Waals surface area (Å²) in [6.45, 7) is 3.66. The molecule has 0 radical (unpaired) electrons. The van der Waals surface area contributed by atoms with E-state index in [2.05, 4.69) is 9.80 Å². The Morgan fingerprint density at radius 2 is 1.00 bits per heavy atom. The number of carbonyl (C=O) groups excluding carboxylic acids is 2. The highest BCUT2D eigenvalue weighted by molar-refractivity contribution is 5.89. The molecule has 2 aliphatic carbocycles. The van der Waals surface area contributed by atoms with Crippen LogP contribution in [0.5, 0.6) is 0 Å². The molecule has 2 bridgehead atoms. The van der Waals surface area contributed by atoms with E-state index in [9.17, 15) is 9.59 Å². The first kappa shape index (κ1) is 15.5. The lowest BCUT2D eigenvalue weighted by molar-refractivity contribution is -0.149. The molecular weight excluding hydrogens is 288 g/mol. The molecule has 2 saturated heterocycles. The standard InChI is InChI=1S/C19H30N2O2/c22-18(20-9-3-1-4-10-20)16-14-7-8-15(13-14)17(16)19(23)21-11-5-2-6-12-21/h14-17H,1-13H2/t14-,15+,16-,17+. The van der Waals surface area contributed by atoms with Crippen LogP contribution in [0.25, 0.3) is 0 Å². The maximum absolute atomic E-state index is 13.1. The van der Waals surface area contributed by atoms with E-state index in [1.165, 1.54) is 25.7 Å². The Balaban J connectivity index is 1.51. The summed E-state index contributed by atoms with van der Waals surface area (Å²) in [4.78, 5) is 30.4. The molecule has 4 fully saturated rings. The van der Waals surface area contributed by atoms with Crippen molar-refractivity contribution in [2.75, 3.05) is 26.2 Å². The molecule has 0 N–H and O–H groups in total. The van der Waals surface area contributed by atoms with Gasteiger partial charge in [0, 0.05) is 26.2 Å². The van der Waals surface area contributed by atoms with Gasteiger partial charge in [0.25, 0.3) is 0 Å². The van der Waals surface area contributed by atoms with Gasteiger partial charge in [0.2, 0.25) is 11.8 Å². The normalized spacial score (nSPS) is 37.2. The van der Waals surface area contributed by atoms with Gasteiger partial charge in [-0.05, 0) is 69.6 Å². The van der Waals surface area contributed by atoms with E-state index in [0.717, 1.165) is 58.3 Å². The summed E-state index contributed by atoms with van der Waals surface area (Å²) in [5.74, 6) is 1.59. The fourth-order valence-electron chi connectivity index (χ4n) is 5.65. The minimum Gasteiger partial charge on any atom is -0.342 e. The van der Waals surface area contributed by atoms with Crippen molar-refractivity contribution < 1.29 is 9.59 Å². The number of piperidine rings is 2. The van der Waals surface area contributed by atoms with Crippen LogP contribution in [-0.2, 0) is 9.59 Å². The second kappa shape index (κ2) is 6.45. The molecule has 4 aliphatic rings. The summed E-state index contributed by atoms with van der Waals surface area (Å²) in [6, 6.07) is 0. The topological polar surface area (TPSA) is 40.6 Å².